The fourth-order valence-corrected chi connectivity index (χ4v) is 4.60. The van der Waals surface area contributed by atoms with E-state index in [-0.39, 0.29) is 11.9 Å². The number of rotatable bonds is 2. The molecule has 0 bridgehead atoms. The van der Waals surface area contributed by atoms with Crippen molar-refractivity contribution in [2.45, 2.75) is 39.3 Å². The molecule has 0 saturated carbocycles. The SMILES string of the molecule is Cc1cc(C)c(CN2C(=O)NC3(CCSC3)C2=O)c(C)c1. The van der Waals surface area contributed by atoms with Gasteiger partial charge in [-0.2, -0.15) is 11.8 Å². The van der Waals surface area contributed by atoms with E-state index in [2.05, 4.69) is 24.4 Å². The van der Waals surface area contributed by atoms with E-state index in [4.69, 9.17) is 0 Å². The summed E-state index contributed by atoms with van der Waals surface area (Å²) in [7, 11) is 0. The van der Waals surface area contributed by atoms with Crippen LogP contribution in [-0.4, -0.2) is 33.9 Å². The quantitative estimate of drug-likeness (QED) is 0.854. The van der Waals surface area contributed by atoms with Gasteiger partial charge in [0.2, 0.25) is 0 Å². The number of nitrogens with zero attached hydrogens (tertiary/aromatic N) is 1. The Morgan fingerprint density at radius 3 is 2.48 bits per heavy atom. The van der Waals surface area contributed by atoms with Gasteiger partial charge in [0.25, 0.3) is 5.91 Å². The molecule has 2 saturated heterocycles. The molecule has 1 N–H and O–H groups in total. The third-order valence-electron chi connectivity index (χ3n) is 4.42. The number of thioether (sulfide) groups is 1. The van der Waals surface area contributed by atoms with Crippen LogP contribution in [0, 0.1) is 20.8 Å². The summed E-state index contributed by atoms with van der Waals surface area (Å²) in [6, 6.07) is 3.95. The molecule has 112 valence electrons. The maximum absolute atomic E-state index is 12.7. The molecule has 5 heteroatoms. The summed E-state index contributed by atoms with van der Waals surface area (Å²) >= 11 is 1.73. The first-order valence-electron chi connectivity index (χ1n) is 7.21. The van der Waals surface area contributed by atoms with Crippen LogP contribution in [0.3, 0.4) is 0 Å². The summed E-state index contributed by atoms with van der Waals surface area (Å²) in [6.07, 6.45) is 0.741. The maximum atomic E-state index is 12.7. The van der Waals surface area contributed by atoms with E-state index in [1.165, 1.54) is 10.5 Å². The largest absolute Gasteiger partial charge is 0.325 e. The Balaban J connectivity index is 1.89. The van der Waals surface area contributed by atoms with Crippen molar-refractivity contribution in [1.29, 1.82) is 0 Å². The lowest BCUT2D eigenvalue weighted by atomic mass is 9.97. The molecule has 21 heavy (non-hydrogen) atoms. The summed E-state index contributed by atoms with van der Waals surface area (Å²) in [6.45, 7) is 6.50. The highest BCUT2D eigenvalue weighted by Crippen LogP contribution is 2.34. The van der Waals surface area contributed by atoms with Crippen molar-refractivity contribution in [2.24, 2.45) is 0 Å². The lowest BCUT2D eigenvalue weighted by Crippen LogP contribution is -2.46. The Morgan fingerprint density at radius 1 is 1.24 bits per heavy atom. The summed E-state index contributed by atoms with van der Waals surface area (Å²) < 4.78 is 0. The number of benzene rings is 1. The number of nitrogens with one attached hydrogen (secondary N) is 1. The fourth-order valence-electron chi connectivity index (χ4n) is 3.27. The average Bonchev–Trinajstić information content (AvgIpc) is 2.94. The van der Waals surface area contributed by atoms with Crippen LogP contribution in [0.4, 0.5) is 4.79 Å². The molecule has 3 rings (SSSR count). The van der Waals surface area contributed by atoms with E-state index < -0.39 is 5.54 Å². The lowest BCUT2D eigenvalue weighted by Gasteiger charge is -2.20. The molecule has 1 unspecified atom stereocenters. The van der Waals surface area contributed by atoms with Crippen LogP contribution in [0.15, 0.2) is 12.1 Å². The molecule has 1 spiro atoms. The second-order valence-corrected chi connectivity index (χ2v) is 7.19. The maximum Gasteiger partial charge on any atom is 0.325 e. The molecule has 1 aromatic carbocycles. The van der Waals surface area contributed by atoms with Crippen LogP contribution < -0.4 is 5.32 Å². The Labute approximate surface area is 129 Å². The van der Waals surface area contributed by atoms with Crippen LogP contribution in [0.1, 0.15) is 28.7 Å². The van der Waals surface area contributed by atoms with Crippen LogP contribution >= 0.6 is 11.8 Å². The highest BCUT2D eigenvalue weighted by molar-refractivity contribution is 7.99. The molecule has 2 fully saturated rings. The standard InChI is InChI=1S/C16H20N2O2S/c1-10-6-11(2)13(12(3)7-10)8-18-14(19)16(17-15(18)20)4-5-21-9-16/h6-7H,4-5,8-9H2,1-3H3,(H,17,20). The first-order chi connectivity index (χ1) is 9.93. The van der Waals surface area contributed by atoms with Gasteiger partial charge < -0.3 is 5.32 Å². The Kier molecular flexibility index (Phi) is 3.48. The van der Waals surface area contributed by atoms with Crippen molar-refractivity contribution >= 4 is 23.7 Å². The van der Waals surface area contributed by atoms with Crippen LogP contribution in [0.5, 0.6) is 0 Å². The smallest absolute Gasteiger partial charge is 0.322 e. The van der Waals surface area contributed by atoms with Gasteiger partial charge in [0.1, 0.15) is 5.54 Å². The molecule has 0 radical (unpaired) electrons. The highest BCUT2D eigenvalue weighted by Gasteiger charge is 2.52. The topological polar surface area (TPSA) is 49.4 Å². The number of carbonyl (C=O) groups excluding carboxylic acids is 2. The molecule has 3 amide bonds. The van der Waals surface area contributed by atoms with Gasteiger partial charge in [-0.25, -0.2) is 4.79 Å². The van der Waals surface area contributed by atoms with Crippen LogP contribution in [-0.2, 0) is 11.3 Å². The minimum Gasteiger partial charge on any atom is -0.322 e. The van der Waals surface area contributed by atoms with Crippen LogP contribution in [0.2, 0.25) is 0 Å². The predicted octanol–water partition coefficient (Wildman–Crippen LogP) is 2.54. The van der Waals surface area contributed by atoms with Gasteiger partial charge in [-0.3, -0.25) is 9.69 Å². The van der Waals surface area contributed by atoms with Crippen molar-refractivity contribution in [3.63, 3.8) is 0 Å². The highest BCUT2D eigenvalue weighted by atomic mass is 32.2. The molecule has 4 nitrogen and oxygen atoms in total. The molecule has 1 aromatic rings. The van der Waals surface area contributed by atoms with Gasteiger partial charge in [-0.05, 0) is 49.6 Å². The molecular formula is C16H20N2O2S. The van der Waals surface area contributed by atoms with E-state index in [1.807, 2.05) is 13.8 Å². The number of imide groups is 1. The molecular weight excluding hydrogens is 284 g/mol. The van der Waals surface area contributed by atoms with Gasteiger partial charge in [0, 0.05) is 5.75 Å². The third kappa shape index (κ3) is 2.33. The zero-order valence-corrected chi connectivity index (χ0v) is 13.5. The second kappa shape index (κ2) is 5.05. The summed E-state index contributed by atoms with van der Waals surface area (Å²) in [4.78, 5) is 26.3. The molecule has 2 aliphatic heterocycles. The second-order valence-electron chi connectivity index (χ2n) is 6.08. The summed E-state index contributed by atoms with van der Waals surface area (Å²) in [5, 5.41) is 2.92. The van der Waals surface area contributed by atoms with Crippen molar-refractivity contribution < 1.29 is 9.59 Å². The van der Waals surface area contributed by atoms with Gasteiger partial charge in [-0.15, -0.1) is 0 Å². The van der Waals surface area contributed by atoms with Crippen LogP contribution in [0.25, 0.3) is 0 Å². The minimum absolute atomic E-state index is 0.0584. The van der Waals surface area contributed by atoms with E-state index in [1.54, 1.807) is 11.8 Å². The average molecular weight is 304 g/mol. The van der Waals surface area contributed by atoms with E-state index in [0.29, 0.717) is 12.3 Å². The monoisotopic (exact) mass is 304 g/mol. The van der Waals surface area contributed by atoms with Gasteiger partial charge in [-0.1, -0.05) is 17.7 Å². The number of amides is 3. The predicted molar refractivity (Wildman–Crippen MR) is 84.4 cm³/mol. The van der Waals surface area contributed by atoms with Gasteiger partial charge in [0.15, 0.2) is 0 Å². The lowest BCUT2D eigenvalue weighted by molar-refractivity contribution is -0.130. The molecule has 2 aliphatic rings. The zero-order valence-electron chi connectivity index (χ0n) is 12.7. The van der Waals surface area contributed by atoms with E-state index in [9.17, 15) is 9.59 Å². The van der Waals surface area contributed by atoms with E-state index in [0.717, 1.165) is 28.9 Å². The number of urea groups is 1. The van der Waals surface area contributed by atoms with Gasteiger partial charge in [0.05, 0.1) is 6.54 Å². The summed E-state index contributed by atoms with van der Waals surface area (Å²) in [5.41, 5.74) is 3.90. The first kappa shape index (κ1) is 14.4. The molecule has 0 aromatic heterocycles. The molecule has 0 aliphatic carbocycles. The Hall–Kier alpha value is -1.49. The number of hydrogen-bond acceptors (Lipinski definition) is 3. The summed E-state index contributed by atoms with van der Waals surface area (Å²) in [5.74, 6) is 1.57. The third-order valence-corrected chi connectivity index (χ3v) is 5.61. The molecule has 2 heterocycles. The Morgan fingerprint density at radius 2 is 1.90 bits per heavy atom. The molecule has 1 atom stereocenters. The van der Waals surface area contributed by atoms with Gasteiger partial charge >= 0.3 is 6.03 Å². The van der Waals surface area contributed by atoms with E-state index >= 15 is 0 Å². The number of hydrogen-bond donors (Lipinski definition) is 1. The van der Waals surface area contributed by atoms with Crippen molar-refractivity contribution in [3.8, 4) is 0 Å². The first-order valence-corrected chi connectivity index (χ1v) is 8.37. The zero-order chi connectivity index (χ0) is 15.2. The van der Waals surface area contributed by atoms with Crippen molar-refractivity contribution in [2.75, 3.05) is 11.5 Å². The fraction of sp³-hybridized carbons (Fsp3) is 0.500. The van der Waals surface area contributed by atoms with Crippen molar-refractivity contribution in [3.05, 3.63) is 34.4 Å². The minimum atomic E-state index is -0.645. The van der Waals surface area contributed by atoms with Crippen molar-refractivity contribution in [1.82, 2.24) is 10.2 Å². The Bertz CT molecular complexity index is 598. The number of aryl methyl sites for hydroxylation is 3. The normalized spacial score (nSPS) is 25.0. The number of carbonyl (C=O) groups is 2.